The molecule has 1 atom stereocenters. The zero-order valence-electron chi connectivity index (χ0n) is 16.5. The van der Waals surface area contributed by atoms with E-state index in [4.69, 9.17) is 8.92 Å². The van der Waals surface area contributed by atoms with Gasteiger partial charge in [-0.05, 0) is 56.2 Å². The van der Waals surface area contributed by atoms with Crippen LogP contribution in [0.3, 0.4) is 0 Å². The Balaban J connectivity index is 1.73. The van der Waals surface area contributed by atoms with Gasteiger partial charge in [0.25, 0.3) is 10.1 Å². The Morgan fingerprint density at radius 2 is 1.86 bits per heavy atom. The minimum atomic E-state index is -3.48. The van der Waals surface area contributed by atoms with Gasteiger partial charge in [-0.1, -0.05) is 12.1 Å². The maximum absolute atomic E-state index is 12.7. The summed E-state index contributed by atoms with van der Waals surface area (Å²) in [5.41, 5.74) is 0.720. The van der Waals surface area contributed by atoms with E-state index in [1.54, 1.807) is 7.11 Å². The minimum Gasteiger partial charge on any atom is -0.497 e. The lowest BCUT2D eigenvalue weighted by Crippen LogP contribution is -2.55. The second-order valence-corrected chi connectivity index (χ2v) is 9.48. The molecule has 1 saturated carbocycles. The lowest BCUT2D eigenvalue weighted by molar-refractivity contribution is -0.137. The topological polar surface area (TPSA) is 93.1 Å². The molecule has 156 valence electrons. The summed E-state index contributed by atoms with van der Waals surface area (Å²) in [5.74, 6) is 0.831. The van der Waals surface area contributed by atoms with Gasteiger partial charge in [0.15, 0.2) is 0 Å². The van der Waals surface area contributed by atoms with Crippen LogP contribution in [-0.2, 0) is 25.5 Å². The Hall–Kier alpha value is -1.64. The zero-order chi connectivity index (χ0) is 20.4. The van der Waals surface area contributed by atoms with E-state index in [9.17, 15) is 18.3 Å². The number of likely N-dealkylation sites (tertiary alicyclic amines) is 1. The summed E-state index contributed by atoms with van der Waals surface area (Å²) in [6.07, 6.45) is 5.10. The highest BCUT2D eigenvalue weighted by Gasteiger charge is 2.50. The number of hydrogen-bond acceptors (Lipinski definition) is 6. The van der Waals surface area contributed by atoms with E-state index < -0.39 is 10.1 Å². The van der Waals surface area contributed by atoms with Crippen LogP contribution in [0.15, 0.2) is 24.3 Å². The standard InChI is InChI=1S/C20H29NO6S/c1-26-17-5-3-15(4-6-17)13-16(14-22)21-19(23)9-12-20(21)10-7-18(8-11-20)27-28(2,24)25/h3-6,16,18,22H,7-14H2,1-2H3. The van der Waals surface area contributed by atoms with Gasteiger partial charge < -0.3 is 14.7 Å². The highest BCUT2D eigenvalue weighted by atomic mass is 32.2. The van der Waals surface area contributed by atoms with E-state index in [0.717, 1.165) is 24.0 Å². The molecule has 7 nitrogen and oxygen atoms in total. The fourth-order valence-corrected chi connectivity index (χ4v) is 5.36. The zero-order valence-corrected chi connectivity index (χ0v) is 17.3. The Morgan fingerprint density at radius 3 is 2.39 bits per heavy atom. The Labute approximate surface area is 166 Å². The molecule has 1 heterocycles. The molecular weight excluding hydrogens is 382 g/mol. The second-order valence-electron chi connectivity index (χ2n) is 7.88. The van der Waals surface area contributed by atoms with E-state index in [-0.39, 0.29) is 30.2 Å². The van der Waals surface area contributed by atoms with Crippen molar-refractivity contribution < 1.29 is 27.2 Å². The maximum atomic E-state index is 12.7. The predicted octanol–water partition coefficient (Wildman–Crippen LogP) is 1.88. The molecule has 1 aromatic carbocycles. The van der Waals surface area contributed by atoms with Crippen LogP contribution in [0.5, 0.6) is 5.75 Å². The molecule has 1 N–H and O–H groups in total. The monoisotopic (exact) mass is 411 g/mol. The number of aliphatic hydroxyl groups is 1. The number of carbonyl (C=O) groups is 1. The molecule has 8 heteroatoms. The first-order valence-corrected chi connectivity index (χ1v) is 11.5. The number of amides is 1. The van der Waals surface area contributed by atoms with Crippen molar-refractivity contribution in [3.63, 3.8) is 0 Å². The molecule has 1 aliphatic carbocycles. The molecule has 0 bridgehead atoms. The average Bonchev–Trinajstić information content (AvgIpc) is 2.97. The first kappa shape index (κ1) is 21.1. The van der Waals surface area contributed by atoms with Gasteiger partial charge in [0, 0.05) is 12.0 Å². The van der Waals surface area contributed by atoms with Gasteiger partial charge in [0.1, 0.15) is 5.75 Å². The summed E-state index contributed by atoms with van der Waals surface area (Å²) in [4.78, 5) is 14.6. The number of aliphatic hydroxyl groups excluding tert-OH is 1. The number of methoxy groups -OCH3 is 1. The Morgan fingerprint density at radius 1 is 1.21 bits per heavy atom. The van der Waals surface area contributed by atoms with Gasteiger partial charge in [-0.3, -0.25) is 8.98 Å². The van der Waals surface area contributed by atoms with E-state index in [0.29, 0.717) is 38.5 Å². The van der Waals surface area contributed by atoms with Crippen molar-refractivity contribution in [1.82, 2.24) is 4.90 Å². The molecule has 0 radical (unpaired) electrons. The minimum absolute atomic E-state index is 0.0649. The summed E-state index contributed by atoms with van der Waals surface area (Å²) in [6.45, 7) is -0.108. The predicted molar refractivity (Wildman–Crippen MR) is 105 cm³/mol. The summed E-state index contributed by atoms with van der Waals surface area (Å²) in [7, 11) is -1.87. The van der Waals surface area contributed by atoms with Crippen LogP contribution < -0.4 is 4.74 Å². The molecule has 1 unspecified atom stereocenters. The van der Waals surface area contributed by atoms with Gasteiger partial charge >= 0.3 is 0 Å². The fourth-order valence-electron chi connectivity index (χ4n) is 4.67. The summed E-state index contributed by atoms with van der Waals surface area (Å²) < 4.78 is 33.1. The summed E-state index contributed by atoms with van der Waals surface area (Å²) in [5, 5.41) is 10.1. The highest BCUT2D eigenvalue weighted by Crippen LogP contribution is 2.44. The smallest absolute Gasteiger partial charge is 0.264 e. The van der Waals surface area contributed by atoms with Crippen LogP contribution in [0.1, 0.15) is 44.1 Å². The van der Waals surface area contributed by atoms with Gasteiger partial charge in [0.2, 0.25) is 5.91 Å². The Bertz CT molecular complexity index is 783. The molecule has 2 fully saturated rings. The molecular formula is C20H29NO6S. The van der Waals surface area contributed by atoms with Crippen molar-refractivity contribution in [2.24, 2.45) is 0 Å². The van der Waals surface area contributed by atoms with E-state index in [1.165, 1.54) is 0 Å². The SMILES string of the molecule is COc1ccc(CC(CO)N2C(=O)CCC23CCC(OS(C)(=O)=O)CC3)cc1. The number of ether oxygens (including phenoxy) is 1. The van der Waals surface area contributed by atoms with E-state index in [2.05, 4.69) is 0 Å². The molecule has 3 rings (SSSR count). The fraction of sp³-hybridized carbons (Fsp3) is 0.650. The van der Waals surface area contributed by atoms with Crippen LogP contribution in [0.4, 0.5) is 0 Å². The van der Waals surface area contributed by atoms with E-state index in [1.807, 2.05) is 29.2 Å². The van der Waals surface area contributed by atoms with E-state index >= 15 is 0 Å². The highest BCUT2D eigenvalue weighted by molar-refractivity contribution is 7.86. The van der Waals surface area contributed by atoms with Crippen molar-refractivity contribution in [2.45, 2.75) is 62.6 Å². The van der Waals surface area contributed by atoms with Crippen LogP contribution in [0.25, 0.3) is 0 Å². The lowest BCUT2D eigenvalue weighted by atomic mass is 9.78. The van der Waals surface area contributed by atoms with Gasteiger partial charge in [-0.2, -0.15) is 8.42 Å². The average molecular weight is 412 g/mol. The second kappa shape index (κ2) is 8.39. The first-order chi connectivity index (χ1) is 13.3. The third-order valence-corrected chi connectivity index (χ3v) is 6.59. The largest absolute Gasteiger partial charge is 0.497 e. The third kappa shape index (κ3) is 4.67. The van der Waals surface area contributed by atoms with Crippen molar-refractivity contribution in [1.29, 1.82) is 0 Å². The van der Waals surface area contributed by atoms with Gasteiger partial charge in [-0.15, -0.1) is 0 Å². The van der Waals surface area contributed by atoms with Crippen molar-refractivity contribution in [3.8, 4) is 5.75 Å². The van der Waals surface area contributed by atoms with Crippen LogP contribution in [0, 0.1) is 0 Å². The number of rotatable bonds is 7. The quantitative estimate of drug-likeness (QED) is 0.689. The van der Waals surface area contributed by atoms with Gasteiger partial charge in [0.05, 0.1) is 32.1 Å². The molecule has 1 spiro atoms. The van der Waals surface area contributed by atoms with Gasteiger partial charge in [-0.25, -0.2) is 0 Å². The molecule has 1 amide bonds. The molecule has 28 heavy (non-hydrogen) atoms. The molecule has 1 saturated heterocycles. The number of carbonyl (C=O) groups excluding carboxylic acids is 1. The third-order valence-electron chi connectivity index (χ3n) is 5.96. The normalized spacial score (nSPS) is 26.6. The molecule has 1 aromatic rings. The van der Waals surface area contributed by atoms with Crippen LogP contribution in [0.2, 0.25) is 0 Å². The van der Waals surface area contributed by atoms with Crippen LogP contribution in [-0.4, -0.2) is 62.0 Å². The first-order valence-electron chi connectivity index (χ1n) is 9.70. The van der Waals surface area contributed by atoms with Crippen molar-refractivity contribution in [3.05, 3.63) is 29.8 Å². The van der Waals surface area contributed by atoms with Crippen molar-refractivity contribution in [2.75, 3.05) is 20.0 Å². The summed E-state index contributed by atoms with van der Waals surface area (Å²) >= 11 is 0. The maximum Gasteiger partial charge on any atom is 0.264 e. The lowest BCUT2D eigenvalue weighted by Gasteiger charge is -2.46. The number of hydrogen-bond donors (Lipinski definition) is 1. The molecule has 1 aliphatic heterocycles. The van der Waals surface area contributed by atoms with Crippen molar-refractivity contribution >= 4 is 16.0 Å². The number of benzene rings is 1. The number of nitrogens with zero attached hydrogens (tertiary/aromatic N) is 1. The molecule has 0 aromatic heterocycles. The Kier molecular flexibility index (Phi) is 6.31. The van der Waals surface area contributed by atoms with Crippen LogP contribution >= 0.6 is 0 Å². The summed E-state index contributed by atoms with van der Waals surface area (Å²) in [6, 6.07) is 7.35. The molecule has 2 aliphatic rings.